The zero-order chi connectivity index (χ0) is 13.1. The third-order valence-electron chi connectivity index (χ3n) is 4.48. The third kappa shape index (κ3) is 3.14. The molecule has 3 nitrogen and oxygen atoms in total. The van der Waals surface area contributed by atoms with Crippen LogP contribution in [0.1, 0.15) is 58.7 Å². The Labute approximate surface area is 111 Å². The van der Waals surface area contributed by atoms with Gasteiger partial charge in [0.2, 0.25) is 0 Å². The van der Waals surface area contributed by atoms with Gasteiger partial charge in [-0.25, -0.2) is 0 Å². The number of hydrogen-bond acceptors (Lipinski definition) is 2. The molecule has 2 N–H and O–H groups in total. The summed E-state index contributed by atoms with van der Waals surface area (Å²) in [4.78, 5) is 0. The van der Waals surface area contributed by atoms with Gasteiger partial charge in [-0.05, 0) is 43.6 Å². The molecule has 1 aromatic rings. The Hall–Kier alpha value is -0.830. The van der Waals surface area contributed by atoms with Crippen LogP contribution in [0.2, 0.25) is 0 Å². The second-order valence-electron chi connectivity index (χ2n) is 6.33. The lowest BCUT2D eigenvalue weighted by Gasteiger charge is -2.39. The molecule has 1 aromatic heterocycles. The number of aromatic amines is 1. The van der Waals surface area contributed by atoms with Crippen LogP contribution in [0.5, 0.6) is 0 Å². The molecule has 0 spiro atoms. The zero-order valence-electron chi connectivity index (χ0n) is 12.1. The molecule has 2 rings (SSSR count). The van der Waals surface area contributed by atoms with Crippen molar-refractivity contribution in [2.24, 2.45) is 17.8 Å². The molecule has 1 heterocycles. The van der Waals surface area contributed by atoms with Gasteiger partial charge in [-0.3, -0.25) is 5.10 Å². The molecule has 1 aliphatic rings. The fourth-order valence-corrected chi connectivity index (χ4v) is 3.31. The first-order valence-electron chi connectivity index (χ1n) is 7.33. The van der Waals surface area contributed by atoms with Crippen LogP contribution < -0.4 is 5.32 Å². The molecule has 0 aliphatic heterocycles. The van der Waals surface area contributed by atoms with Crippen molar-refractivity contribution in [1.82, 2.24) is 15.5 Å². The van der Waals surface area contributed by atoms with E-state index in [1.54, 1.807) is 0 Å². The Balaban J connectivity index is 2.00. The first-order valence-corrected chi connectivity index (χ1v) is 7.33. The van der Waals surface area contributed by atoms with Gasteiger partial charge in [0, 0.05) is 18.3 Å². The van der Waals surface area contributed by atoms with Crippen LogP contribution in [-0.2, 0) is 0 Å². The van der Waals surface area contributed by atoms with Gasteiger partial charge in [0.25, 0.3) is 0 Å². The number of nitrogens with one attached hydrogen (secondary N) is 2. The van der Waals surface area contributed by atoms with E-state index in [4.69, 9.17) is 0 Å². The standard InChI is InChI=1S/C15H27N3/c1-10(2)13-6-5-11(3)9-15(13)17-12(4)14-7-8-16-18-14/h7-8,10-13,15,17H,5-6,9H2,1-4H3,(H,16,18). The molecular weight excluding hydrogens is 222 g/mol. The highest BCUT2D eigenvalue weighted by molar-refractivity contribution is 5.04. The third-order valence-corrected chi connectivity index (χ3v) is 4.48. The number of nitrogens with zero attached hydrogens (tertiary/aromatic N) is 1. The molecule has 0 radical (unpaired) electrons. The minimum atomic E-state index is 0.365. The SMILES string of the molecule is CC1CCC(C(C)C)C(NC(C)c2ccn[nH]2)C1. The van der Waals surface area contributed by atoms with Crippen LogP contribution in [-0.4, -0.2) is 16.2 Å². The highest BCUT2D eigenvalue weighted by atomic mass is 15.1. The van der Waals surface area contributed by atoms with Gasteiger partial charge in [-0.1, -0.05) is 27.2 Å². The second kappa shape index (κ2) is 5.87. The average molecular weight is 249 g/mol. The highest BCUT2D eigenvalue weighted by Crippen LogP contribution is 2.34. The van der Waals surface area contributed by atoms with Gasteiger partial charge in [0.05, 0.1) is 5.69 Å². The van der Waals surface area contributed by atoms with E-state index in [0.717, 1.165) is 17.8 Å². The lowest BCUT2D eigenvalue weighted by Crippen LogP contribution is -2.43. The highest BCUT2D eigenvalue weighted by Gasteiger charge is 2.31. The van der Waals surface area contributed by atoms with E-state index in [1.807, 2.05) is 6.20 Å². The van der Waals surface area contributed by atoms with Crippen molar-refractivity contribution in [2.75, 3.05) is 0 Å². The van der Waals surface area contributed by atoms with Gasteiger partial charge in [0.1, 0.15) is 0 Å². The van der Waals surface area contributed by atoms with Crippen LogP contribution >= 0.6 is 0 Å². The van der Waals surface area contributed by atoms with Crippen molar-refractivity contribution >= 4 is 0 Å². The predicted octanol–water partition coefficient (Wildman–Crippen LogP) is 3.52. The van der Waals surface area contributed by atoms with E-state index in [0.29, 0.717) is 12.1 Å². The Kier molecular flexibility index (Phi) is 4.44. The van der Waals surface area contributed by atoms with Gasteiger partial charge < -0.3 is 5.32 Å². The maximum atomic E-state index is 4.04. The molecule has 3 heteroatoms. The largest absolute Gasteiger partial charge is 0.306 e. The molecule has 18 heavy (non-hydrogen) atoms. The topological polar surface area (TPSA) is 40.7 Å². The molecule has 4 unspecified atom stereocenters. The molecule has 1 saturated carbocycles. The second-order valence-corrected chi connectivity index (χ2v) is 6.33. The summed E-state index contributed by atoms with van der Waals surface area (Å²) in [6.45, 7) is 9.32. The predicted molar refractivity (Wildman–Crippen MR) is 75.3 cm³/mol. The Morgan fingerprint density at radius 3 is 2.72 bits per heavy atom. The molecule has 0 amide bonds. The van der Waals surface area contributed by atoms with Crippen molar-refractivity contribution in [3.63, 3.8) is 0 Å². The lowest BCUT2D eigenvalue weighted by atomic mass is 9.74. The Morgan fingerprint density at radius 1 is 1.33 bits per heavy atom. The normalized spacial score (nSPS) is 30.6. The maximum Gasteiger partial charge on any atom is 0.0518 e. The summed E-state index contributed by atoms with van der Waals surface area (Å²) in [6.07, 6.45) is 5.89. The molecule has 102 valence electrons. The quantitative estimate of drug-likeness (QED) is 0.857. The lowest BCUT2D eigenvalue weighted by molar-refractivity contribution is 0.160. The number of hydrogen-bond donors (Lipinski definition) is 2. The Bertz CT molecular complexity index is 345. The average Bonchev–Trinajstić information content (AvgIpc) is 2.81. The van der Waals surface area contributed by atoms with Crippen molar-refractivity contribution in [1.29, 1.82) is 0 Å². The molecule has 1 aliphatic carbocycles. The van der Waals surface area contributed by atoms with E-state index in [9.17, 15) is 0 Å². The van der Waals surface area contributed by atoms with Crippen LogP contribution in [0.4, 0.5) is 0 Å². The summed E-state index contributed by atoms with van der Waals surface area (Å²) in [5.74, 6) is 2.43. The number of H-pyrrole nitrogens is 1. The molecular formula is C15H27N3. The number of aromatic nitrogens is 2. The van der Waals surface area contributed by atoms with Crippen molar-refractivity contribution in [2.45, 2.75) is 59.0 Å². The van der Waals surface area contributed by atoms with Crippen LogP contribution in [0.25, 0.3) is 0 Å². The van der Waals surface area contributed by atoms with Crippen LogP contribution in [0, 0.1) is 17.8 Å². The van der Waals surface area contributed by atoms with Crippen molar-refractivity contribution in [3.05, 3.63) is 18.0 Å². The van der Waals surface area contributed by atoms with E-state index in [1.165, 1.54) is 25.0 Å². The summed E-state index contributed by atoms with van der Waals surface area (Å²) >= 11 is 0. The van der Waals surface area contributed by atoms with Crippen LogP contribution in [0.3, 0.4) is 0 Å². The van der Waals surface area contributed by atoms with E-state index < -0.39 is 0 Å². The fraction of sp³-hybridized carbons (Fsp3) is 0.800. The smallest absolute Gasteiger partial charge is 0.0518 e. The van der Waals surface area contributed by atoms with Crippen LogP contribution in [0.15, 0.2) is 12.3 Å². The van der Waals surface area contributed by atoms with Gasteiger partial charge >= 0.3 is 0 Å². The minimum Gasteiger partial charge on any atom is -0.306 e. The van der Waals surface area contributed by atoms with E-state index in [2.05, 4.69) is 49.3 Å². The van der Waals surface area contributed by atoms with E-state index >= 15 is 0 Å². The van der Waals surface area contributed by atoms with Gasteiger partial charge in [-0.15, -0.1) is 0 Å². The summed E-state index contributed by atoms with van der Waals surface area (Å²) in [6, 6.07) is 3.07. The molecule has 0 bridgehead atoms. The molecule has 0 aromatic carbocycles. The fourth-order valence-electron chi connectivity index (χ4n) is 3.31. The minimum absolute atomic E-state index is 0.365. The molecule has 1 fully saturated rings. The first kappa shape index (κ1) is 13.6. The summed E-state index contributed by atoms with van der Waals surface area (Å²) in [7, 11) is 0. The molecule has 0 saturated heterocycles. The zero-order valence-corrected chi connectivity index (χ0v) is 12.1. The van der Waals surface area contributed by atoms with Crippen molar-refractivity contribution < 1.29 is 0 Å². The molecule has 4 atom stereocenters. The summed E-state index contributed by atoms with van der Waals surface area (Å²) in [5.41, 5.74) is 1.19. The van der Waals surface area contributed by atoms with Gasteiger partial charge in [0.15, 0.2) is 0 Å². The maximum absolute atomic E-state index is 4.04. The summed E-state index contributed by atoms with van der Waals surface area (Å²) < 4.78 is 0. The Morgan fingerprint density at radius 2 is 2.11 bits per heavy atom. The monoisotopic (exact) mass is 249 g/mol. The van der Waals surface area contributed by atoms with Crippen molar-refractivity contribution in [3.8, 4) is 0 Å². The summed E-state index contributed by atoms with van der Waals surface area (Å²) in [5, 5.41) is 10.9. The van der Waals surface area contributed by atoms with Gasteiger partial charge in [-0.2, -0.15) is 5.10 Å². The first-order chi connectivity index (χ1) is 8.58. The number of rotatable bonds is 4. The van der Waals surface area contributed by atoms with E-state index in [-0.39, 0.29) is 0 Å².